The molecule has 0 fully saturated rings. The van der Waals surface area contributed by atoms with Gasteiger partial charge in [-0.2, -0.15) is 17.4 Å². The van der Waals surface area contributed by atoms with E-state index in [1.54, 1.807) is 10.9 Å². The number of hydrogen-bond donors (Lipinski definition) is 2. The second-order valence-corrected chi connectivity index (χ2v) is 5.79. The van der Waals surface area contributed by atoms with Gasteiger partial charge < -0.3 is 5.11 Å². The van der Waals surface area contributed by atoms with Crippen molar-refractivity contribution >= 4 is 21.5 Å². The Labute approximate surface area is 99.1 Å². The van der Waals surface area contributed by atoms with Crippen LogP contribution < -0.4 is 4.72 Å². The SMILES string of the molecule is CN(CCCO)S(=O)(=O)NCc1cscn1. The molecule has 16 heavy (non-hydrogen) atoms. The molecule has 0 aliphatic carbocycles. The van der Waals surface area contributed by atoms with Gasteiger partial charge in [0.2, 0.25) is 0 Å². The third-order valence-corrected chi connectivity index (χ3v) is 4.11. The van der Waals surface area contributed by atoms with Crippen LogP contribution in [0.1, 0.15) is 12.1 Å². The molecule has 0 radical (unpaired) electrons. The van der Waals surface area contributed by atoms with Gasteiger partial charge >= 0.3 is 0 Å². The summed E-state index contributed by atoms with van der Waals surface area (Å²) in [6.07, 6.45) is 0.425. The Hall–Kier alpha value is -0.540. The van der Waals surface area contributed by atoms with Crippen LogP contribution in [0, 0.1) is 0 Å². The van der Waals surface area contributed by atoms with E-state index < -0.39 is 10.2 Å². The lowest BCUT2D eigenvalue weighted by molar-refractivity contribution is 0.275. The van der Waals surface area contributed by atoms with Gasteiger partial charge in [0.1, 0.15) is 0 Å². The fourth-order valence-electron chi connectivity index (χ4n) is 1.01. The van der Waals surface area contributed by atoms with Crippen LogP contribution in [0.4, 0.5) is 0 Å². The van der Waals surface area contributed by atoms with E-state index in [9.17, 15) is 8.42 Å². The molecule has 0 saturated carbocycles. The molecule has 1 heterocycles. The van der Waals surface area contributed by atoms with E-state index in [1.807, 2.05) is 0 Å². The van der Waals surface area contributed by atoms with Crippen LogP contribution in [0.2, 0.25) is 0 Å². The van der Waals surface area contributed by atoms with E-state index in [4.69, 9.17) is 5.11 Å². The van der Waals surface area contributed by atoms with E-state index in [0.29, 0.717) is 18.7 Å². The Morgan fingerprint density at radius 3 is 2.94 bits per heavy atom. The molecule has 0 spiro atoms. The van der Waals surface area contributed by atoms with Gasteiger partial charge in [0, 0.05) is 25.6 Å². The van der Waals surface area contributed by atoms with E-state index in [1.165, 1.54) is 22.7 Å². The Kier molecular flexibility index (Phi) is 5.29. The molecule has 0 bridgehead atoms. The molecule has 1 aromatic heterocycles. The van der Waals surface area contributed by atoms with Crippen molar-refractivity contribution in [1.82, 2.24) is 14.0 Å². The summed E-state index contributed by atoms with van der Waals surface area (Å²) in [4.78, 5) is 3.97. The van der Waals surface area contributed by atoms with Crippen molar-refractivity contribution in [3.63, 3.8) is 0 Å². The number of thiazole rings is 1. The minimum atomic E-state index is -3.47. The van der Waals surface area contributed by atoms with Gasteiger partial charge in [0.15, 0.2) is 0 Å². The molecular weight excluding hydrogens is 250 g/mol. The van der Waals surface area contributed by atoms with Crippen molar-refractivity contribution in [2.75, 3.05) is 20.2 Å². The topological polar surface area (TPSA) is 82.5 Å². The van der Waals surface area contributed by atoms with Crippen LogP contribution in [0.3, 0.4) is 0 Å². The predicted molar refractivity (Wildman–Crippen MR) is 62.2 cm³/mol. The molecule has 6 nitrogen and oxygen atoms in total. The lowest BCUT2D eigenvalue weighted by atomic mass is 10.5. The average Bonchev–Trinajstić information content (AvgIpc) is 2.76. The zero-order valence-electron chi connectivity index (χ0n) is 8.96. The van der Waals surface area contributed by atoms with E-state index >= 15 is 0 Å². The highest BCUT2D eigenvalue weighted by Gasteiger charge is 2.16. The van der Waals surface area contributed by atoms with E-state index in [0.717, 1.165) is 0 Å². The van der Waals surface area contributed by atoms with Crippen LogP contribution in [-0.2, 0) is 16.8 Å². The zero-order valence-corrected chi connectivity index (χ0v) is 10.6. The fourth-order valence-corrected chi connectivity index (χ4v) is 2.49. The van der Waals surface area contributed by atoms with Crippen molar-refractivity contribution in [2.24, 2.45) is 0 Å². The first kappa shape index (κ1) is 13.5. The normalized spacial score (nSPS) is 12.2. The van der Waals surface area contributed by atoms with Gasteiger partial charge in [-0.1, -0.05) is 0 Å². The number of nitrogens with one attached hydrogen (secondary N) is 1. The van der Waals surface area contributed by atoms with E-state index in [2.05, 4.69) is 9.71 Å². The second-order valence-electron chi connectivity index (χ2n) is 3.20. The summed E-state index contributed by atoms with van der Waals surface area (Å²) in [6.45, 7) is 0.462. The lowest BCUT2D eigenvalue weighted by Gasteiger charge is -2.16. The highest BCUT2D eigenvalue weighted by molar-refractivity contribution is 7.87. The molecule has 8 heteroatoms. The van der Waals surface area contributed by atoms with Crippen molar-refractivity contribution < 1.29 is 13.5 Å². The van der Waals surface area contributed by atoms with Crippen molar-refractivity contribution in [1.29, 1.82) is 0 Å². The first-order valence-corrected chi connectivity index (χ1v) is 7.13. The zero-order chi connectivity index (χ0) is 12.0. The Morgan fingerprint density at radius 1 is 1.62 bits per heavy atom. The quantitative estimate of drug-likeness (QED) is 0.715. The summed E-state index contributed by atoms with van der Waals surface area (Å²) >= 11 is 1.42. The van der Waals surface area contributed by atoms with Gasteiger partial charge in [0.05, 0.1) is 17.7 Å². The van der Waals surface area contributed by atoms with Crippen LogP contribution in [0.15, 0.2) is 10.9 Å². The Morgan fingerprint density at radius 2 is 2.38 bits per heavy atom. The van der Waals surface area contributed by atoms with Gasteiger partial charge in [-0.05, 0) is 6.42 Å². The molecule has 92 valence electrons. The molecule has 0 saturated heterocycles. The minimum absolute atomic E-state index is 0.0219. The molecule has 1 aromatic rings. The third kappa shape index (κ3) is 4.14. The summed E-state index contributed by atoms with van der Waals surface area (Å²) in [5.74, 6) is 0. The summed E-state index contributed by atoms with van der Waals surface area (Å²) in [5.41, 5.74) is 2.35. The number of rotatable bonds is 7. The molecule has 1 rings (SSSR count). The molecule has 0 aliphatic rings. The van der Waals surface area contributed by atoms with Crippen molar-refractivity contribution in [3.8, 4) is 0 Å². The fraction of sp³-hybridized carbons (Fsp3) is 0.625. The largest absolute Gasteiger partial charge is 0.396 e. The predicted octanol–water partition coefficient (Wildman–Crippen LogP) is -0.208. The maximum Gasteiger partial charge on any atom is 0.279 e. The molecule has 0 amide bonds. The maximum atomic E-state index is 11.6. The second kappa shape index (κ2) is 6.26. The lowest BCUT2D eigenvalue weighted by Crippen LogP contribution is -2.38. The smallest absolute Gasteiger partial charge is 0.279 e. The molecular formula is C8H15N3O3S2. The summed E-state index contributed by atoms with van der Waals surface area (Å²) < 4.78 is 26.9. The number of aromatic nitrogens is 1. The highest BCUT2D eigenvalue weighted by atomic mass is 32.2. The number of aliphatic hydroxyl groups is 1. The Balaban J connectivity index is 2.45. The summed E-state index contributed by atoms with van der Waals surface area (Å²) in [6, 6.07) is 0. The van der Waals surface area contributed by atoms with Gasteiger partial charge in [-0.25, -0.2) is 4.98 Å². The van der Waals surface area contributed by atoms with Gasteiger partial charge in [0.25, 0.3) is 10.2 Å². The van der Waals surface area contributed by atoms with E-state index in [-0.39, 0.29) is 13.2 Å². The number of hydrogen-bond acceptors (Lipinski definition) is 5. The monoisotopic (exact) mass is 265 g/mol. The number of aliphatic hydroxyl groups excluding tert-OH is 1. The molecule has 0 unspecified atom stereocenters. The maximum absolute atomic E-state index is 11.6. The van der Waals surface area contributed by atoms with Crippen LogP contribution in [0.25, 0.3) is 0 Å². The first-order valence-electron chi connectivity index (χ1n) is 4.75. The first-order chi connectivity index (χ1) is 7.56. The average molecular weight is 265 g/mol. The third-order valence-electron chi connectivity index (χ3n) is 1.96. The summed E-state index contributed by atoms with van der Waals surface area (Å²) in [7, 11) is -2.00. The van der Waals surface area contributed by atoms with Crippen molar-refractivity contribution in [2.45, 2.75) is 13.0 Å². The van der Waals surface area contributed by atoms with Gasteiger partial charge in [-0.15, -0.1) is 11.3 Å². The molecule has 0 aliphatic heterocycles. The van der Waals surface area contributed by atoms with Crippen LogP contribution in [0.5, 0.6) is 0 Å². The van der Waals surface area contributed by atoms with Crippen LogP contribution in [-0.4, -0.2) is 43.0 Å². The molecule has 0 atom stereocenters. The van der Waals surface area contributed by atoms with Gasteiger partial charge in [-0.3, -0.25) is 0 Å². The van der Waals surface area contributed by atoms with Crippen LogP contribution >= 0.6 is 11.3 Å². The summed E-state index contributed by atoms with van der Waals surface area (Å²) in [5, 5.41) is 10.4. The molecule has 0 aromatic carbocycles. The Bertz CT molecular complexity index is 391. The van der Waals surface area contributed by atoms with Crippen molar-refractivity contribution in [3.05, 3.63) is 16.6 Å². The minimum Gasteiger partial charge on any atom is -0.396 e. The standard InChI is InChI=1S/C8H15N3O3S2/c1-11(3-2-4-12)16(13,14)10-5-8-6-15-7-9-8/h6-7,10,12H,2-5H2,1H3. The molecule has 2 N–H and O–H groups in total. The number of nitrogens with zero attached hydrogens (tertiary/aromatic N) is 2. The highest BCUT2D eigenvalue weighted by Crippen LogP contribution is 2.02.